The van der Waals surface area contributed by atoms with Crippen molar-refractivity contribution in [1.82, 2.24) is 4.98 Å². The summed E-state index contributed by atoms with van der Waals surface area (Å²) in [6.07, 6.45) is 6.53. The van der Waals surface area contributed by atoms with Crippen molar-refractivity contribution in [3.63, 3.8) is 0 Å². The van der Waals surface area contributed by atoms with Crippen molar-refractivity contribution < 1.29 is 0 Å². The highest BCUT2D eigenvalue weighted by Gasteiger charge is 2.27. The molecule has 0 spiro atoms. The highest BCUT2D eigenvalue weighted by atomic mass is 35.5. The second-order valence-electron chi connectivity index (χ2n) is 5.08. The molecule has 1 aromatic heterocycles. The smallest absolute Gasteiger partial charge is 0.0760 e. The van der Waals surface area contributed by atoms with E-state index in [0.717, 1.165) is 11.6 Å². The Labute approximate surface area is 113 Å². The maximum atomic E-state index is 6.29. The van der Waals surface area contributed by atoms with Crippen LogP contribution >= 0.6 is 23.2 Å². The monoisotopic (exact) mass is 272 g/mol. The number of nitrogens with two attached hydrogens (primary N) is 1. The van der Waals surface area contributed by atoms with Gasteiger partial charge in [0, 0.05) is 6.20 Å². The summed E-state index contributed by atoms with van der Waals surface area (Å²) in [6, 6.07) is 1.65. The topological polar surface area (TPSA) is 38.9 Å². The zero-order valence-corrected chi connectivity index (χ0v) is 11.5. The van der Waals surface area contributed by atoms with E-state index in [1.54, 1.807) is 12.3 Å². The van der Waals surface area contributed by atoms with Crippen molar-refractivity contribution in [2.45, 2.75) is 38.6 Å². The maximum Gasteiger partial charge on any atom is 0.0760 e. The van der Waals surface area contributed by atoms with Crippen molar-refractivity contribution in [3.05, 3.63) is 28.0 Å². The molecule has 1 heterocycles. The number of hydrogen-bond donors (Lipinski definition) is 1. The normalized spacial score (nSPS) is 26.8. The molecule has 1 aliphatic carbocycles. The number of nitrogens with zero attached hydrogens (tertiary/aromatic N) is 1. The molecule has 4 heteroatoms. The Bertz CT molecular complexity index is 395. The van der Waals surface area contributed by atoms with Crippen LogP contribution in [0.25, 0.3) is 0 Å². The van der Waals surface area contributed by atoms with Crippen LogP contribution in [0.1, 0.15) is 44.3 Å². The van der Waals surface area contributed by atoms with Crippen molar-refractivity contribution in [3.8, 4) is 0 Å². The van der Waals surface area contributed by atoms with E-state index in [9.17, 15) is 0 Å². The van der Waals surface area contributed by atoms with Gasteiger partial charge in [-0.3, -0.25) is 4.98 Å². The summed E-state index contributed by atoms with van der Waals surface area (Å²) < 4.78 is 0. The first-order valence-electron chi connectivity index (χ1n) is 6.14. The lowest BCUT2D eigenvalue weighted by Gasteiger charge is -2.31. The minimum atomic E-state index is -0.0671. The second-order valence-corrected chi connectivity index (χ2v) is 5.92. The predicted octanol–water partition coefficient (Wildman–Crippen LogP) is 4.21. The number of hydrogen-bond acceptors (Lipinski definition) is 2. The largest absolute Gasteiger partial charge is 0.322 e. The van der Waals surface area contributed by atoms with Crippen LogP contribution in [0.2, 0.25) is 10.0 Å². The minimum absolute atomic E-state index is 0.0671. The third-order valence-electron chi connectivity index (χ3n) is 3.64. The SMILES string of the molecule is CC1CCCC(C(N)c2ncc(Cl)cc2Cl)C1. The number of pyridine rings is 1. The molecule has 3 unspecified atom stereocenters. The first-order valence-corrected chi connectivity index (χ1v) is 6.90. The van der Waals surface area contributed by atoms with E-state index < -0.39 is 0 Å². The van der Waals surface area contributed by atoms with Gasteiger partial charge >= 0.3 is 0 Å². The van der Waals surface area contributed by atoms with Gasteiger partial charge in [0.2, 0.25) is 0 Å². The van der Waals surface area contributed by atoms with Crippen LogP contribution in [0.4, 0.5) is 0 Å². The van der Waals surface area contributed by atoms with Crippen LogP contribution in [0, 0.1) is 11.8 Å². The van der Waals surface area contributed by atoms with Crippen LogP contribution in [-0.4, -0.2) is 4.98 Å². The zero-order chi connectivity index (χ0) is 12.4. The van der Waals surface area contributed by atoms with Gasteiger partial charge in [-0.2, -0.15) is 0 Å². The van der Waals surface area contributed by atoms with Crippen molar-refractivity contribution in [2.24, 2.45) is 17.6 Å². The van der Waals surface area contributed by atoms with Crippen LogP contribution in [0.3, 0.4) is 0 Å². The highest BCUT2D eigenvalue weighted by Crippen LogP contribution is 2.37. The van der Waals surface area contributed by atoms with Gasteiger partial charge < -0.3 is 5.73 Å². The van der Waals surface area contributed by atoms with Gasteiger partial charge in [-0.15, -0.1) is 0 Å². The third-order valence-corrected chi connectivity index (χ3v) is 4.15. The van der Waals surface area contributed by atoms with Crippen LogP contribution in [0.15, 0.2) is 12.3 Å². The molecular weight excluding hydrogens is 255 g/mol. The lowest BCUT2D eigenvalue weighted by atomic mass is 9.78. The average Bonchev–Trinajstić information content (AvgIpc) is 2.28. The van der Waals surface area contributed by atoms with Crippen molar-refractivity contribution in [2.75, 3.05) is 0 Å². The fraction of sp³-hybridized carbons (Fsp3) is 0.615. The molecule has 1 aliphatic rings. The second kappa shape index (κ2) is 5.55. The minimum Gasteiger partial charge on any atom is -0.322 e. The molecule has 0 aromatic carbocycles. The molecular formula is C13H18Cl2N2. The van der Waals surface area contributed by atoms with Crippen molar-refractivity contribution >= 4 is 23.2 Å². The summed E-state index contributed by atoms with van der Waals surface area (Å²) in [7, 11) is 0. The average molecular weight is 273 g/mol. The van der Waals surface area contributed by atoms with E-state index in [-0.39, 0.29) is 6.04 Å². The van der Waals surface area contributed by atoms with E-state index in [1.807, 2.05) is 0 Å². The summed E-state index contributed by atoms with van der Waals surface area (Å²) in [5.74, 6) is 1.25. The standard InChI is InChI=1S/C13H18Cl2N2/c1-8-3-2-4-9(5-8)12(16)13-11(15)6-10(14)7-17-13/h6-9,12H,2-5,16H2,1H3. The molecule has 0 aliphatic heterocycles. The number of halogens is 2. The highest BCUT2D eigenvalue weighted by molar-refractivity contribution is 6.34. The molecule has 0 radical (unpaired) electrons. The van der Waals surface area contributed by atoms with Gasteiger partial charge in [0.1, 0.15) is 0 Å². The molecule has 94 valence electrons. The first-order chi connectivity index (χ1) is 8.08. The molecule has 3 atom stereocenters. The summed E-state index contributed by atoms with van der Waals surface area (Å²) in [5, 5.41) is 1.14. The number of aromatic nitrogens is 1. The van der Waals surface area contributed by atoms with E-state index >= 15 is 0 Å². The van der Waals surface area contributed by atoms with E-state index in [1.165, 1.54) is 25.7 Å². The molecule has 17 heavy (non-hydrogen) atoms. The van der Waals surface area contributed by atoms with Gasteiger partial charge in [0.25, 0.3) is 0 Å². The molecule has 1 aromatic rings. The predicted molar refractivity (Wildman–Crippen MR) is 72.3 cm³/mol. The van der Waals surface area contributed by atoms with Gasteiger partial charge in [0.15, 0.2) is 0 Å². The molecule has 2 N–H and O–H groups in total. The first kappa shape index (κ1) is 13.1. The molecule has 1 saturated carbocycles. The lowest BCUT2D eigenvalue weighted by molar-refractivity contribution is 0.246. The molecule has 2 rings (SSSR count). The number of rotatable bonds is 2. The maximum absolute atomic E-state index is 6.29. The van der Waals surface area contributed by atoms with Gasteiger partial charge in [-0.05, 0) is 30.7 Å². The summed E-state index contributed by atoms with van der Waals surface area (Å²) in [4.78, 5) is 4.29. The Morgan fingerprint density at radius 2 is 2.18 bits per heavy atom. The van der Waals surface area contributed by atoms with Crippen LogP contribution in [0.5, 0.6) is 0 Å². The van der Waals surface area contributed by atoms with E-state index in [2.05, 4.69) is 11.9 Å². The summed E-state index contributed by atoms with van der Waals surface area (Å²) >= 11 is 12.0. The fourth-order valence-corrected chi connectivity index (χ4v) is 3.21. The Morgan fingerprint density at radius 1 is 1.41 bits per heavy atom. The van der Waals surface area contributed by atoms with Gasteiger partial charge in [0.05, 0.1) is 21.8 Å². The van der Waals surface area contributed by atoms with Gasteiger partial charge in [-0.25, -0.2) is 0 Å². The Kier molecular flexibility index (Phi) is 4.29. The third kappa shape index (κ3) is 3.12. The molecule has 1 fully saturated rings. The molecule has 0 bridgehead atoms. The zero-order valence-electron chi connectivity index (χ0n) is 10.00. The molecule has 2 nitrogen and oxygen atoms in total. The van der Waals surface area contributed by atoms with E-state index in [4.69, 9.17) is 28.9 Å². The fourth-order valence-electron chi connectivity index (χ4n) is 2.70. The Morgan fingerprint density at radius 3 is 2.82 bits per heavy atom. The molecule has 0 amide bonds. The van der Waals surface area contributed by atoms with Crippen molar-refractivity contribution in [1.29, 1.82) is 0 Å². The van der Waals surface area contributed by atoms with Crippen LogP contribution < -0.4 is 5.73 Å². The van der Waals surface area contributed by atoms with Crippen LogP contribution in [-0.2, 0) is 0 Å². The Balaban J connectivity index is 2.15. The Hall–Kier alpha value is -0.310. The van der Waals surface area contributed by atoms with E-state index in [0.29, 0.717) is 16.0 Å². The molecule has 0 saturated heterocycles. The summed E-state index contributed by atoms with van der Waals surface area (Å²) in [5.41, 5.74) is 7.08. The van der Waals surface area contributed by atoms with Gasteiger partial charge in [-0.1, -0.05) is 43.0 Å². The quantitative estimate of drug-likeness (QED) is 0.876. The summed E-state index contributed by atoms with van der Waals surface area (Å²) in [6.45, 7) is 2.29. The lowest BCUT2D eigenvalue weighted by Crippen LogP contribution is -2.27.